The number of rotatable bonds is 9. The molecule has 1 aliphatic rings. The van der Waals surface area contributed by atoms with Crippen molar-refractivity contribution in [3.8, 4) is 0 Å². The average molecular weight is 385 g/mol. The second kappa shape index (κ2) is 9.94. The molecule has 1 amide bonds. The summed E-state index contributed by atoms with van der Waals surface area (Å²) in [5.74, 6) is -0.436. The summed E-state index contributed by atoms with van der Waals surface area (Å²) in [5.41, 5.74) is -0.626. The normalized spacial score (nSPS) is 32.4. The first-order chi connectivity index (χ1) is 11.6. The molecule has 0 aromatic heterocycles. The molecule has 1 heterocycles. The highest BCUT2D eigenvalue weighted by molar-refractivity contribution is 7.53. The third kappa shape index (κ3) is 6.58. The number of aliphatic hydroxyl groups is 2. The Morgan fingerprint density at radius 1 is 1.28 bits per heavy atom. The van der Waals surface area contributed by atoms with E-state index < -0.39 is 56.4 Å². The van der Waals surface area contributed by atoms with Crippen molar-refractivity contribution >= 4 is 13.5 Å². The van der Waals surface area contributed by atoms with Crippen LogP contribution in [0.1, 0.15) is 20.8 Å². The van der Waals surface area contributed by atoms with E-state index in [1.807, 2.05) is 0 Å². The first-order valence-corrected chi connectivity index (χ1v) is 9.61. The summed E-state index contributed by atoms with van der Waals surface area (Å²) in [5, 5.41) is 22.9. The summed E-state index contributed by atoms with van der Waals surface area (Å²) in [7, 11) is -2.38. The van der Waals surface area contributed by atoms with E-state index in [9.17, 15) is 24.5 Å². The number of amides is 1. The zero-order chi connectivity index (χ0) is 19.2. The molecule has 148 valence electrons. The molecular formula is C14H28NO9P. The number of nitrogens with one attached hydrogen (secondary N) is 1. The molecule has 0 radical (unpaired) electrons. The van der Waals surface area contributed by atoms with Crippen molar-refractivity contribution in [3.05, 3.63) is 0 Å². The Balaban J connectivity index is 2.81. The van der Waals surface area contributed by atoms with Crippen molar-refractivity contribution in [2.45, 2.75) is 57.1 Å². The first kappa shape index (κ1) is 22.5. The molecule has 6 atom stereocenters. The van der Waals surface area contributed by atoms with Crippen LogP contribution in [-0.4, -0.2) is 84.2 Å². The molecule has 11 heteroatoms. The van der Waals surface area contributed by atoms with E-state index in [1.54, 1.807) is 0 Å². The molecule has 1 saturated heterocycles. The number of methoxy groups -OCH3 is 1. The van der Waals surface area contributed by atoms with Gasteiger partial charge in [-0.15, -0.1) is 0 Å². The van der Waals surface area contributed by atoms with E-state index >= 15 is 0 Å². The highest BCUT2D eigenvalue weighted by Gasteiger charge is 2.46. The largest absolute Gasteiger partial charge is 0.388 e. The number of hydrogen-bond donors (Lipinski definition) is 4. The highest BCUT2D eigenvalue weighted by atomic mass is 31.2. The molecule has 4 N–H and O–H groups in total. The Bertz CT molecular complexity index is 475. The lowest BCUT2D eigenvalue weighted by atomic mass is 9.97. The van der Waals surface area contributed by atoms with Gasteiger partial charge in [0.1, 0.15) is 24.4 Å². The third-order valence-corrected chi connectivity index (χ3v) is 5.54. The van der Waals surface area contributed by atoms with Crippen LogP contribution in [0.3, 0.4) is 0 Å². The van der Waals surface area contributed by atoms with Crippen molar-refractivity contribution in [1.29, 1.82) is 0 Å². The minimum absolute atomic E-state index is 0.123. The number of hydrogen-bond acceptors (Lipinski definition) is 8. The van der Waals surface area contributed by atoms with Crippen LogP contribution in [0.25, 0.3) is 0 Å². The molecule has 25 heavy (non-hydrogen) atoms. The Morgan fingerprint density at radius 3 is 2.44 bits per heavy atom. The van der Waals surface area contributed by atoms with Gasteiger partial charge in [0.05, 0.1) is 25.5 Å². The number of aliphatic hydroxyl groups excluding tert-OH is 2. The predicted molar refractivity (Wildman–Crippen MR) is 87.0 cm³/mol. The van der Waals surface area contributed by atoms with Crippen LogP contribution in [0, 0.1) is 0 Å². The van der Waals surface area contributed by atoms with Crippen molar-refractivity contribution in [2.75, 3.05) is 26.9 Å². The highest BCUT2D eigenvalue weighted by Crippen LogP contribution is 2.47. The molecule has 1 rings (SSSR count). The van der Waals surface area contributed by atoms with Crippen molar-refractivity contribution in [3.63, 3.8) is 0 Å². The average Bonchev–Trinajstić information content (AvgIpc) is 2.52. The fourth-order valence-corrected chi connectivity index (χ4v) is 2.84. The zero-order valence-corrected chi connectivity index (χ0v) is 15.7. The summed E-state index contributed by atoms with van der Waals surface area (Å²) in [6.07, 6.45) is -5.03. The fraction of sp³-hybridized carbons (Fsp3) is 0.929. The maximum absolute atomic E-state index is 11.9. The monoisotopic (exact) mass is 385 g/mol. The summed E-state index contributed by atoms with van der Waals surface area (Å²) in [4.78, 5) is 21.0. The van der Waals surface area contributed by atoms with Crippen molar-refractivity contribution in [1.82, 2.24) is 5.32 Å². The predicted octanol–water partition coefficient (Wildman–Crippen LogP) is -0.789. The van der Waals surface area contributed by atoms with Gasteiger partial charge in [-0.05, 0) is 0 Å². The topological polar surface area (TPSA) is 144 Å². The standard InChI is InChI=1S/C14H28NO9P/c1-8(2)25(19,20)23-7-10-12(17)13(18)11(15-9(3)16)14(24-10)22-6-5-21-4/h8,10-14,17-18H,5-7H2,1-4H3,(H,15,16)(H,19,20). The zero-order valence-electron chi connectivity index (χ0n) is 14.8. The fourth-order valence-electron chi connectivity index (χ4n) is 2.18. The molecule has 0 aromatic carbocycles. The molecule has 0 aromatic rings. The van der Waals surface area contributed by atoms with E-state index in [0.29, 0.717) is 0 Å². The molecule has 1 aliphatic heterocycles. The lowest BCUT2D eigenvalue weighted by Crippen LogP contribution is -2.64. The van der Waals surface area contributed by atoms with Crippen LogP contribution in [0.15, 0.2) is 0 Å². The van der Waals surface area contributed by atoms with Crippen LogP contribution in [0.5, 0.6) is 0 Å². The van der Waals surface area contributed by atoms with Gasteiger partial charge in [0, 0.05) is 14.0 Å². The van der Waals surface area contributed by atoms with E-state index in [0.717, 1.165) is 0 Å². The number of carbonyl (C=O) groups excluding carboxylic acids is 1. The van der Waals surface area contributed by atoms with Crippen LogP contribution >= 0.6 is 7.60 Å². The Morgan fingerprint density at radius 2 is 1.92 bits per heavy atom. The minimum Gasteiger partial charge on any atom is -0.388 e. The SMILES string of the molecule is COCCOC1OC(COP(=O)(O)C(C)C)C(O)C(O)C1NC(C)=O. The van der Waals surface area contributed by atoms with Crippen LogP contribution < -0.4 is 5.32 Å². The van der Waals surface area contributed by atoms with Gasteiger partial charge >= 0.3 is 7.60 Å². The Hall–Kier alpha value is -0.580. The van der Waals surface area contributed by atoms with Crippen LogP contribution in [-0.2, 0) is 28.1 Å². The van der Waals surface area contributed by atoms with Gasteiger partial charge < -0.3 is 39.2 Å². The van der Waals surface area contributed by atoms with E-state index in [1.165, 1.54) is 27.9 Å². The van der Waals surface area contributed by atoms with Gasteiger partial charge in [0.25, 0.3) is 0 Å². The maximum atomic E-state index is 11.9. The second-order valence-electron chi connectivity index (χ2n) is 6.07. The maximum Gasteiger partial charge on any atom is 0.330 e. The van der Waals surface area contributed by atoms with Crippen LogP contribution in [0.4, 0.5) is 0 Å². The van der Waals surface area contributed by atoms with Crippen LogP contribution in [0.2, 0.25) is 0 Å². The Labute approximate surface area is 146 Å². The molecule has 0 aliphatic carbocycles. The quantitative estimate of drug-likeness (QED) is 0.296. The van der Waals surface area contributed by atoms with Gasteiger partial charge in [-0.2, -0.15) is 0 Å². The van der Waals surface area contributed by atoms with Crippen molar-refractivity contribution in [2.24, 2.45) is 0 Å². The van der Waals surface area contributed by atoms with Gasteiger partial charge in [0.15, 0.2) is 6.29 Å². The Kier molecular flexibility index (Phi) is 8.93. The van der Waals surface area contributed by atoms with Gasteiger partial charge in [-0.3, -0.25) is 9.36 Å². The number of carbonyl (C=O) groups is 1. The lowest BCUT2D eigenvalue weighted by molar-refractivity contribution is -0.270. The summed E-state index contributed by atoms with van der Waals surface area (Å²) < 4.78 is 32.7. The van der Waals surface area contributed by atoms with E-state index in [2.05, 4.69) is 5.32 Å². The molecule has 10 nitrogen and oxygen atoms in total. The van der Waals surface area contributed by atoms with Gasteiger partial charge in [-0.1, -0.05) is 13.8 Å². The van der Waals surface area contributed by atoms with Gasteiger partial charge in [-0.25, -0.2) is 0 Å². The minimum atomic E-state index is -3.86. The molecule has 0 spiro atoms. The van der Waals surface area contributed by atoms with E-state index in [4.69, 9.17) is 18.7 Å². The summed E-state index contributed by atoms with van der Waals surface area (Å²) in [6.45, 7) is 4.27. The molecule has 1 fully saturated rings. The lowest BCUT2D eigenvalue weighted by Gasteiger charge is -2.42. The summed E-state index contributed by atoms with van der Waals surface area (Å²) >= 11 is 0. The van der Waals surface area contributed by atoms with Crippen molar-refractivity contribution < 1.29 is 43.2 Å². The number of ether oxygens (including phenoxy) is 3. The summed E-state index contributed by atoms with van der Waals surface area (Å²) in [6, 6.07) is -1.01. The van der Waals surface area contributed by atoms with E-state index in [-0.39, 0.29) is 13.2 Å². The first-order valence-electron chi connectivity index (χ1n) is 7.96. The molecule has 0 saturated carbocycles. The smallest absolute Gasteiger partial charge is 0.330 e. The molecule has 6 unspecified atom stereocenters. The van der Waals surface area contributed by atoms with Gasteiger partial charge in [0.2, 0.25) is 5.91 Å². The molecule has 0 bridgehead atoms. The molecular weight excluding hydrogens is 357 g/mol. The second-order valence-corrected chi connectivity index (χ2v) is 8.49. The third-order valence-electron chi connectivity index (χ3n) is 3.72.